The van der Waals surface area contributed by atoms with E-state index in [0.717, 1.165) is 17.1 Å². The maximum absolute atomic E-state index is 13.8. The fourth-order valence-electron chi connectivity index (χ4n) is 5.35. The molecule has 0 bridgehead atoms. The lowest BCUT2D eigenvalue weighted by Gasteiger charge is -2.38. The minimum absolute atomic E-state index is 0.115. The largest absolute Gasteiger partial charge is 0.486 e. The lowest BCUT2D eigenvalue weighted by Crippen LogP contribution is -2.49. The molecule has 0 radical (unpaired) electrons. The monoisotopic (exact) mass is 626 g/mol. The van der Waals surface area contributed by atoms with E-state index in [1.165, 1.54) is 24.3 Å². The summed E-state index contributed by atoms with van der Waals surface area (Å²) in [6, 6.07) is 27.0. The number of anilines is 2. The molecule has 0 spiro atoms. The third-order valence-corrected chi connectivity index (χ3v) is 7.89. The Labute approximate surface area is 268 Å². The van der Waals surface area contributed by atoms with Gasteiger partial charge >= 0.3 is 6.03 Å². The van der Waals surface area contributed by atoms with Crippen molar-refractivity contribution in [3.63, 3.8) is 0 Å². The van der Waals surface area contributed by atoms with Crippen LogP contribution in [0.25, 0.3) is 0 Å². The molecule has 10 heteroatoms. The van der Waals surface area contributed by atoms with E-state index in [-0.39, 0.29) is 35.8 Å². The summed E-state index contributed by atoms with van der Waals surface area (Å²) in [4.78, 5) is 30.5. The number of amides is 3. The van der Waals surface area contributed by atoms with Gasteiger partial charge in [-0.3, -0.25) is 9.69 Å². The van der Waals surface area contributed by atoms with E-state index in [0.29, 0.717) is 31.0 Å². The molecule has 4 aromatic rings. The number of likely N-dealkylation sites (N-methyl/N-ethyl adjacent to an activating group) is 1. The van der Waals surface area contributed by atoms with Gasteiger partial charge in [0.2, 0.25) is 0 Å². The summed E-state index contributed by atoms with van der Waals surface area (Å²) in [5.74, 6) is 0.949. The molecular weight excluding hydrogens is 587 g/mol. The van der Waals surface area contributed by atoms with Gasteiger partial charge in [0.15, 0.2) is 5.75 Å². The first kappa shape index (κ1) is 32.5. The average Bonchev–Trinajstić information content (AvgIpc) is 3.05. The third-order valence-electron chi connectivity index (χ3n) is 7.89. The number of para-hydroxylation sites is 2. The number of aliphatic hydroxyl groups excluding tert-OH is 1. The van der Waals surface area contributed by atoms with Crippen LogP contribution in [0.2, 0.25) is 0 Å². The summed E-state index contributed by atoms with van der Waals surface area (Å²) in [7, 11) is 2.00. The molecule has 0 saturated carbocycles. The van der Waals surface area contributed by atoms with Crippen LogP contribution in [0.15, 0.2) is 97.1 Å². The Kier molecular flexibility index (Phi) is 10.5. The van der Waals surface area contributed by atoms with Gasteiger partial charge in [-0.05, 0) is 80.2 Å². The first-order valence-electron chi connectivity index (χ1n) is 15.3. The molecule has 1 aliphatic heterocycles. The SMILES string of the molecule is C[C@H]1CN([C@@H](C)CO)C(=O)c2cccc(NC(=O)Nc3ccc(F)cc3)c2O[C@@H]1CN(C)Cc1ccc(Oc2ccccc2)cc1. The number of nitrogens with zero attached hydrogens (tertiary/aromatic N) is 2. The molecule has 1 aliphatic rings. The van der Waals surface area contributed by atoms with E-state index >= 15 is 0 Å². The molecule has 5 rings (SSSR count). The highest BCUT2D eigenvalue weighted by molar-refractivity contribution is 6.04. The van der Waals surface area contributed by atoms with E-state index < -0.39 is 17.9 Å². The Morgan fingerprint density at radius 1 is 1.00 bits per heavy atom. The summed E-state index contributed by atoms with van der Waals surface area (Å²) in [6.45, 7) is 5.17. The lowest BCUT2D eigenvalue weighted by atomic mass is 9.99. The molecule has 0 saturated heterocycles. The number of halogens is 1. The number of hydrogen-bond donors (Lipinski definition) is 3. The van der Waals surface area contributed by atoms with Crippen molar-refractivity contribution in [3.8, 4) is 17.2 Å². The molecule has 0 aromatic heterocycles. The van der Waals surface area contributed by atoms with E-state index in [1.54, 1.807) is 30.0 Å². The van der Waals surface area contributed by atoms with E-state index in [2.05, 4.69) is 15.5 Å². The summed E-state index contributed by atoms with van der Waals surface area (Å²) < 4.78 is 25.9. The predicted octanol–water partition coefficient (Wildman–Crippen LogP) is 6.61. The number of carbonyl (C=O) groups excluding carboxylic acids is 2. The molecule has 3 amide bonds. The van der Waals surface area contributed by atoms with Crippen LogP contribution < -0.4 is 20.1 Å². The molecule has 1 heterocycles. The summed E-state index contributed by atoms with van der Waals surface area (Å²) in [5, 5.41) is 15.5. The highest BCUT2D eigenvalue weighted by Crippen LogP contribution is 2.35. The number of fused-ring (bicyclic) bond motifs is 1. The van der Waals surface area contributed by atoms with Crippen molar-refractivity contribution in [1.82, 2.24) is 9.80 Å². The molecule has 46 heavy (non-hydrogen) atoms. The van der Waals surface area contributed by atoms with E-state index in [9.17, 15) is 19.1 Å². The number of aliphatic hydroxyl groups is 1. The topological polar surface area (TPSA) is 103 Å². The molecule has 240 valence electrons. The second-order valence-electron chi connectivity index (χ2n) is 11.6. The maximum Gasteiger partial charge on any atom is 0.323 e. The normalized spacial score (nSPS) is 16.9. The Morgan fingerprint density at radius 2 is 1.70 bits per heavy atom. The highest BCUT2D eigenvalue weighted by Gasteiger charge is 2.34. The van der Waals surface area contributed by atoms with Crippen molar-refractivity contribution in [2.75, 3.05) is 37.4 Å². The van der Waals surface area contributed by atoms with Gasteiger partial charge in [-0.15, -0.1) is 0 Å². The summed E-state index contributed by atoms with van der Waals surface area (Å²) >= 11 is 0. The van der Waals surface area contributed by atoms with E-state index in [4.69, 9.17) is 9.47 Å². The van der Waals surface area contributed by atoms with Crippen molar-refractivity contribution in [1.29, 1.82) is 0 Å². The Hall–Kier alpha value is -4.93. The molecular formula is C36H39FN4O5. The van der Waals surface area contributed by atoms with Crippen molar-refractivity contribution in [2.45, 2.75) is 32.5 Å². The van der Waals surface area contributed by atoms with Crippen molar-refractivity contribution in [2.24, 2.45) is 5.92 Å². The van der Waals surface area contributed by atoms with E-state index in [1.807, 2.05) is 68.6 Å². The molecule has 4 aromatic carbocycles. The molecule has 9 nitrogen and oxygen atoms in total. The van der Waals surface area contributed by atoms with Gasteiger partial charge in [0.05, 0.1) is 23.9 Å². The van der Waals surface area contributed by atoms with Gasteiger partial charge < -0.3 is 30.1 Å². The number of carbonyl (C=O) groups is 2. The zero-order valence-corrected chi connectivity index (χ0v) is 26.2. The molecule has 3 N–H and O–H groups in total. The lowest BCUT2D eigenvalue weighted by molar-refractivity contribution is 0.0343. The molecule has 0 unspecified atom stereocenters. The first-order valence-corrected chi connectivity index (χ1v) is 15.3. The van der Waals surface area contributed by atoms with Crippen molar-refractivity contribution < 1.29 is 28.6 Å². The Bertz CT molecular complexity index is 1620. The number of urea groups is 1. The Morgan fingerprint density at radius 3 is 2.39 bits per heavy atom. The molecule has 0 aliphatic carbocycles. The molecule has 0 fully saturated rings. The third kappa shape index (κ3) is 8.21. The van der Waals surface area contributed by atoms with Gasteiger partial charge in [-0.25, -0.2) is 9.18 Å². The number of benzene rings is 4. The smallest absolute Gasteiger partial charge is 0.323 e. The second kappa shape index (κ2) is 14.9. The van der Waals surface area contributed by atoms with Gasteiger partial charge in [0.25, 0.3) is 5.91 Å². The van der Waals surface area contributed by atoms with Gasteiger partial charge in [-0.2, -0.15) is 0 Å². The second-order valence-corrected chi connectivity index (χ2v) is 11.6. The highest BCUT2D eigenvalue weighted by atomic mass is 19.1. The average molecular weight is 627 g/mol. The minimum atomic E-state index is -0.569. The van der Waals surface area contributed by atoms with Gasteiger partial charge in [0.1, 0.15) is 23.4 Å². The van der Waals surface area contributed by atoms with Crippen LogP contribution in [0.3, 0.4) is 0 Å². The van der Waals surface area contributed by atoms with Crippen molar-refractivity contribution in [3.05, 3.63) is 114 Å². The fourth-order valence-corrected chi connectivity index (χ4v) is 5.35. The standard InChI is InChI=1S/C36H39FN4O5/c1-24-20-41(25(2)23-42)35(43)31-10-7-11-32(39-36(44)38-28-16-14-27(37)15-17-28)34(31)46-33(24)22-40(3)21-26-12-18-30(19-13-26)45-29-8-5-4-6-9-29/h4-19,24-25,33,42H,20-23H2,1-3H3,(H2,38,39,44)/t24-,25-,33+/m0/s1. The van der Waals surface area contributed by atoms with Crippen LogP contribution in [0.1, 0.15) is 29.8 Å². The van der Waals surface area contributed by atoms with Gasteiger partial charge in [0, 0.05) is 31.2 Å². The van der Waals surface area contributed by atoms with Crippen LogP contribution in [0.4, 0.5) is 20.6 Å². The van der Waals surface area contributed by atoms with Crippen LogP contribution in [-0.4, -0.2) is 65.7 Å². The Balaban J connectivity index is 1.34. The van der Waals surface area contributed by atoms with Crippen molar-refractivity contribution >= 4 is 23.3 Å². The quantitative estimate of drug-likeness (QED) is 0.183. The van der Waals surface area contributed by atoms with Crippen LogP contribution in [0, 0.1) is 11.7 Å². The number of nitrogens with one attached hydrogen (secondary N) is 2. The first-order chi connectivity index (χ1) is 22.2. The van der Waals surface area contributed by atoms with Crippen LogP contribution in [-0.2, 0) is 6.54 Å². The molecule has 3 atom stereocenters. The predicted molar refractivity (Wildman–Crippen MR) is 176 cm³/mol. The maximum atomic E-state index is 13.8. The zero-order chi connectivity index (χ0) is 32.6. The number of ether oxygens (including phenoxy) is 2. The fraction of sp³-hybridized carbons (Fsp3) is 0.278. The summed E-state index contributed by atoms with van der Waals surface area (Å²) in [6.07, 6.45) is -0.367. The summed E-state index contributed by atoms with van der Waals surface area (Å²) in [5.41, 5.74) is 2.10. The number of rotatable bonds is 10. The minimum Gasteiger partial charge on any atom is -0.486 e. The zero-order valence-electron chi connectivity index (χ0n) is 26.2. The van der Waals surface area contributed by atoms with Crippen LogP contribution >= 0.6 is 0 Å². The number of hydrogen-bond acceptors (Lipinski definition) is 6. The van der Waals surface area contributed by atoms with Crippen LogP contribution in [0.5, 0.6) is 17.2 Å². The van der Waals surface area contributed by atoms with Gasteiger partial charge in [-0.1, -0.05) is 43.3 Å².